The Balaban J connectivity index is 2.41. The molecule has 1 aromatic heterocycles. The fraction of sp³-hybridized carbons (Fsp3) is 0.625. The average molecular weight is 223 g/mol. The van der Waals surface area contributed by atoms with Crippen LogP contribution in [0.25, 0.3) is 0 Å². The van der Waals surface area contributed by atoms with Gasteiger partial charge in [0.05, 0.1) is 6.54 Å². The number of likely N-dealkylation sites (N-methyl/N-ethyl adjacent to an activating group) is 1. The molecule has 1 heterocycles. The van der Waals surface area contributed by atoms with Gasteiger partial charge in [-0.3, -0.25) is 0 Å². The highest BCUT2D eigenvalue weighted by molar-refractivity contribution is 5.21. The van der Waals surface area contributed by atoms with Crippen LogP contribution in [0.15, 0.2) is 0 Å². The summed E-state index contributed by atoms with van der Waals surface area (Å²) < 4.78 is 5.15. The Labute approximate surface area is 93.5 Å². The van der Waals surface area contributed by atoms with Crippen molar-refractivity contribution in [3.63, 3.8) is 0 Å². The zero-order chi connectivity index (χ0) is 12.0. The summed E-state index contributed by atoms with van der Waals surface area (Å²) in [6.45, 7) is 0.782. The number of aromatic nitrogens is 4. The lowest BCUT2D eigenvalue weighted by atomic mass is 10.6. The number of hydrogen-bond acceptors (Lipinski definition) is 8. The number of rotatable bonds is 5. The van der Waals surface area contributed by atoms with E-state index in [2.05, 4.69) is 20.4 Å². The van der Waals surface area contributed by atoms with Gasteiger partial charge in [0, 0.05) is 21.1 Å². The van der Waals surface area contributed by atoms with E-state index in [0.717, 1.165) is 0 Å². The smallest absolute Gasteiger partial charge is 0.355 e. The van der Waals surface area contributed by atoms with Crippen LogP contribution in [-0.2, 0) is 0 Å². The summed E-state index contributed by atoms with van der Waals surface area (Å²) in [5.41, 5.74) is 0. The third kappa shape index (κ3) is 3.53. The summed E-state index contributed by atoms with van der Waals surface area (Å²) in [4.78, 5) is 3.13. The third-order valence-electron chi connectivity index (χ3n) is 1.68. The van der Waals surface area contributed by atoms with E-state index in [1.165, 1.54) is 4.90 Å². The molecule has 0 saturated carbocycles. The van der Waals surface area contributed by atoms with Gasteiger partial charge in [0.15, 0.2) is 6.19 Å². The van der Waals surface area contributed by atoms with E-state index in [0.29, 0.717) is 19.1 Å². The van der Waals surface area contributed by atoms with Gasteiger partial charge in [-0.1, -0.05) is 10.2 Å². The van der Waals surface area contributed by atoms with Crippen molar-refractivity contribution in [3.8, 4) is 12.2 Å². The first-order valence-corrected chi connectivity index (χ1v) is 4.62. The fourth-order valence-corrected chi connectivity index (χ4v) is 0.775. The number of hydrogen-bond donors (Lipinski definition) is 0. The maximum atomic E-state index is 8.49. The summed E-state index contributed by atoms with van der Waals surface area (Å²) in [5.74, 6) is 0.418. The molecule has 1 rings (SSSR count). The van der Waals surface area contributed by atoms with Crippen LogP contribution in [-0.4, -0.2) is 59.6 Å². The molecule has 0 aromatic carbocycles. The van der Waals surface area contributed by atoms with E-state index in [1.807, 2.05) is 6.19 Å². The second kappa shape index (κ2) is 5.65. The quantitative estimate of drug-likeness (QED) is 0.469. The van der Waals surface area contributed by atoms with Gasteiger partial charge >= 0.3 is 6.01 Å². The van der Waals surface area contributed by atoms with Crippen molar-refractivity contribution >= 4 is 5.95 Å². The molecule has 16 heavy (non-hydrogen) atoms. The molecular formula is C8H13N7O. The van der Waals surface area contributed by atoms with Crippen LogP contribution in [0.2, 0.25) is 0 Å². The first-order chi connectivity index (χ1) is 7.63. The molecule has 1 aromatic rings. The minimum Gasteiger partial charge on any atom is -0.459 e. The van der Waals surface area contributed by atoms with Gasteiger partial charge in [0.2, 0.25) is 0 Å². The van der Waals surface area contributed by atoms with Gasteiger partial charge < -0.3 is 14.5 Å². The van der Waals surface area contributed by atoms with E-state index in [-0.39, 0.29) is 6.01 Å². The van der Waals surface area contributed by atoms with Crippen molar-refractivity contribution in [3.05, 3.63) is 0 Å². The fourth-order valence-electron chi connectivity index (χ4n) is 0.775. The second-order valence-electron chi connectivity index (χ2n) is 3.25. The van der Waals surface area contributed by atoms with Crippen molar-refractivity contribution in [2.24, 2.45) is 0 Å². The van der Waals surface area contributed by atoms with Crippen LogP contribution >= 0.6 is 0 Å². The molecule has 0 spiro atoms. The van der Waals surface area contributed by atoms with E-state index >= 15 is 0 Å². The highest BCUT2D eigenvalue weighted by Gasteiger charge is 2.03. The zero-order valence-electron chi connectivity index (χ0n) is 9.45. The Morgan fingerprint density at radius 1 is 1.19 bits per heavy atom. The molecule has 0 radical (unpaired) electrons. The Kier molecular flexibility index (Phi) is 4.20. The molecule has 0 aliphatic rings. The Morgan fingerprint density at radius 3 is 2.31 bits per heavy atom. The minimum absolute atomic E-state index is 0.108. The van der Waals surface area contributed by atoms with Crippen molar-refractivity contribution in [1.29, 1.82) is 5.26 Å². The van der Waals surface area contributed by atoms with Crippen molar-refractivity contribution in [2.75, 3.05) is 39.2 Å². The summed E-state index contributed by atoms with van der Waals surface area (Å²) in [5, 5.41) is 23.5. The van der Waals surface area contributed by atoms with Gasteiger partial charge in [-0.15, -0.1) is 10.2 Å². The van der Waals surface area contributed by atoms with Crippen molar-refractivity contribution < 1.29 is 4.74 Å². The third-order valence-corrected chi connectivity index (χ3v) is 1.68. The highest BCUT2D eigenvalue weighted by Crippen LogP contribution is 2.01. The molecule has 0 aliphatic carbocycles. The van der Waals surface area contributed by atoms with E-state index < -0.39 is 0 Å². The Bertz CT molecular complexity index is 358. The Morgan fingerprint density at radius 2 is 1.81 bits per heavy atom. The summed E-state index contributed by atoms with van der Waals surface area (Å²) in [6.07, 6.45) is 1.95. The first kappa shape index (κ1) is 11.9. The highest BCUT2D eigenvalue weighted by atomic mass is 16.5. The molecule has 0 fully saturated rings. The molecule has 0 atom stereocenters. The monoisotopic (exact) mass is 223 g/mol. The minimum atomic E-state index is 0.108. The molecule has 0 N–H and O–H groups in total. The van der Waals surface area contributed by atoms with Gasteiger partial charge in [-0.05, 0) is 0 Å². The van der Waals surface area contributed by atoms with Crippen LogP contribution in [0.4, 0.5) is 5.95 Å². The molecular weight excluding hydrogens is 210 g/mol. The van der Waals surface area contributed by atoms with Gasteiger partial charge in [-0.2, -0.15) is 5.26 Å². The lowest BCUT2D eigenvalue weighted by Gasteiger charge is -2.09. The van der Waals surface area contributed by atoms with E-state index in [9.17, 15) is 0 Å². The van der Waals surface area contributed by atoms with Crippen LogP contribution in [0.3, 0.4) is 0 Å². The van der Waals surface area contributed by atoms with Crippen LogP contribution < -0.4 is 9.64 Å². The second-order valence-corrected chi connectivity index (χ2v) is 3.25. The summed E-state index contributed by atoms with van der Waals surface area (Å²) >= 11 is 0. The molecule has 8 heteroatoms. The standard InChI is InChI=1S/C8H13N7O/c1-14(2)7-10-12-8(13-11-7)16-5-4-15(3)6-9/h4-5H2,1-3H3. The molecule has 0 saturated heterocycles. The maximum Gasteiger partial charge on any atom is 0.355 e. The molecule has 0 amide bonds. The maximum absolute atomic E-state index is 8.49. The predicted octanol–water partition coefficient (Wildman–Crippen LogP) is -0.876. The normalized spacial score (nSPS) is 9.38. The van der Waals surface area contributed by atoms with E-state index in [1.54, 1.807) is 26.0 Å². The van der Waals surface area contributed by atoms with E-state index in [4.69, 9.17) is 10.00 Å². The van der Waals surface area contributed by atoms with Crippen molar-refractivity contribution in [2.45, 2.75) is 0 Å². The molecule has 86 valence electrons. The number of nitrogens with zero attached hydrogens (tertiary/aromatic N) is 7. The average Bonchev–Trinajstić information content (AvgIpc) is 2.29. The predicted molar refractivity (Wildman–Crippen MR) is 55.7 cm³/mol. The summed E-state index contributed by atoms with van der Waals surface area (Å²) in [6, 6.07) is 0.108. The van der Waals surface area contributed by atoms with Gasteiger partial charge in [0.1, 0.15) is 6.61 Å². The first-order valence-electron chi connectivity index (χ1n) is 4.62. The zero-order valence-corrected chi connectivity index (χ0v) is 9.45. The topological polar surface area (TPSA) is 91.1 Å². The molecule has 0 unspecified atom stereocenters. The Hall–Kier alpha value is -2.17. The molecule has 8 nitrogen and oxygen atoms in total. The number of ether oxygens (including phenoxy) is 1. The lowest BCUT2D eigenvalue weighted by Crippen LogP contribution is -2.20. The molecule has 0 aliphatic heterocycles. The largest absolute Gasteiger partial charge is 0.459 e. The SMILES string of the molecule is CN(C#N)CCOc1nnc(N(C)C)nn1. The van der Waals surface area contributed by atoms with Crippen LogP contribution in [0, 0.1) is 11.5 Å². The van der Waals surface area contributed by atoms with Crippen molar-refractivity contribution in [1.82, 2.24) is 25.3 Å². The van der Waals surface area contributed by atoms with Gasteiger partial charge in [-0.25, -0.2) is 0 Å². The van der Waals surface area contributed by atoms with Crippen LogP contribution in [0.1, 0.15) is 0 Å². The molecule has 0 bridgehead atoms. The number of anilines is 1. The summed E-state index contributed by atoms with van der Waals surface area (Å²) in [7, 11) is 5.25. The number of nitriles is 1. The lowest BCUT2D eigenvalue weighted by molar-refractivity contribution is 0.253. The van der Waals surface area contributed by atoms with Gasteiger partial charge in [0.25, 0.3) is 5.95 Å². The van der Waals surface area contributed by atoms with Crippen LogP contribution in [0.5, 0.6) is 6.01 Å².